The molecule has 0 aliphatic rings. The molecule has 25 heavy (non-hydrogen) atoms. The lowest BCUT2D eigenvalue weighted by Gasteiger charge is -2.08. The maximum Gasteiger partial charge on any atom is 0.437 e. The summed E-state index contributed by atoms with van der Waals surface area (Å²) in [5.41, 5.74) is 2.58. The average molecular weight is 352 g/mol. The highest BCUT2D eigenvalue weighted by atomic mass is 35.5. The monoisotopic (exact) mass is 351 g/mol. The van der Waals surface area contributed by atoms with Crippen LogP contribution >= 0.6 is 11.6 Å². The Hall–Kier alpha value is -3.18. The number of rotatable bonds is 4. The van der Waals surface area contributed by atoms with E-state index in [0.29, 0.717) is 16.4 Å². The summed E-state index contributed by atoms with van der Waals surface area (Å²) < 4.78 is 0. The van der Waals surface area contributed by atoms with Crippen LogP contribution < -0.4 is 5.32 Å². The first kappa shape index (κ1) is 16.7. The van der Waals surface area contributed by atoms with Crippen molar-refractivity contribution in [2.24, 2.45) is 5.16 Å². The standard InChI is InChI=1S/C19H14ClN3O2/c20-16-8-4-5-9-17(16)22-19(24)25-23-18(14-6-2-1-3-7-14)15-10-12-21-13-11-15/h1-13H,(H,22,24)/b23-18-. The first-order valence-corrected chi connectivity index (χ1v) is 7.88. The number of hydrogen-bond donors (Lipinski definition) is 1. The van der Waals surface area contributed by atoms with Gasteiger partial charge >= 0.3 is 6.09 Å². The Bertz CT molecular complexity index is 842. The van der Waals surface area contributed by atoms with E-state index in [1.54, 1.807) is 48.8 Å². The molecule has 0 atom stereocenters. The number of oxime groups is 1. The van der Waals surface area contributed by atoms with Crippen molar-refractivity contribution in [2.45, 2.75) is 0 Å². The van der Waals surface area contributed by atoms with Crippen LogP contribution in [0, 0.1) is 0 Å². The van der Waals surface area contributed by atoms with Crippen LogP contribution in [0.25, 0.3) is 0 Å². The van der Waals surface area contributed by atoms with E-state index in [-0.39, 0.29) is 0 Å². The number of benzene rings is 2. The number of anilines is 1. The molecule has 0 saturated heterocycles. The Morgan fingerprint density at radius 2 is 1.56 bits per heavy atom. The van der Waals surface area contributed by atoms with Crippen LogP contribution in [-0.4, -0.2) is 16.8 Å². The summed E-state index contributed by atoms with van der Waals surface area (Å²) >= 11 is 6.01. The molecule has 0 saturated carbocycles. The minimum absolute atomic E-state index is 0.417. The summed E-state index contributed by atoms with van der Waals surface area (Å²) in [5.74, 6) is 0. The van der Waals surface area contributed by atoms with E-state index in [4.69, 9.17) is 16.4 Å². The van der Waals surface area contributed by atoms with Gasteiger partial charge in [-0.3, -0.25) is 15.1 Å². The summed E-state index contributed by atoms with van der Waals surface area (Å²) in [5, 5.41) is 7.00. The van der Waals surface area contributed by atoms with Crippen LogP contribution in [0.5, 0.6) is 0 Å². The molecular weight excluding hydrogens is 338 g/mol. The fourth-order valence-electron chi connectivity index (χ4n) is 2.16. The SMILES string of the molecule is O=C(Nc1ccccc1Cl)O/N=C(/c1ccccc1)c1ccncc1. The number of carbonyl (C=O) groups is 1. The highest BCUT2D eigenvalue weighted by Gasteiger charge is 2.10. The lowest BCUT2D eigenvalue weighted by Crippen LogP contribution is -2.13. The number of para-hydroxylation sites is 1. The van der Waals surface area contributed by atoms with Gasteiger partial charge in [-0.15, -0.1) is 0 Å². The number of pyridine rings is 1. The molecule has 1 heterocycles. The van der Waals surface area contributed by atoms with E-state index in [1.165, 1.54) is 0 Å². The zero-order chi connectivity index (χ0) is 17.5. The molecule has 6 heteroatoms. The maximum absolute atomic E-state index is 12.0. The number of hydrogen-bond acceptors (Lipinski definition) is 4. The van der Waals surface area contributed by atoms with Gasteiger partial charge in [0.15, 0.2) is 0 Å². The maximum atomic E-state index is 12.0. The fourth-order valence-corrected chi connectivity index (χ4v) is 2.34. The van der Waals surface area contributed by atoms with Gasteiger partial charge in [0, 0.05) is 23.5 Å². The second kappa shape index (κ2) is 8.08. The molecule has 0 fully saturated rings. The van der Waals surface area contributed by atoms with Crippen molar-refractivity contribution >= 4 is 29.1 Å². The predicted molar refractivity (Wildman–Crippen MR) is 97.9 cm³/mol. The minimum atomic E-state index is -0.726. The predicted octanol–water partition coefficient (Wildman–Crippen LogP) is 4.74. The van der Waals surface area contributed by atoms with Gasteiger partial charge in [0.05, 0.1) is 10.7 Å². The Labute approximate surface area is 149 Å². The number of aromatic nitrogens is 1. The van der Waals surface area contributed by atoms with Gasteiger partial charge in [-0.05, 0) is 24.3 Å². The second-order valence-electron chi connectivity index (χ2n) is 5.03. The highest BCUT2D eigenvalue weighted by molar-refractivity contribution is 6.33. The third-order valence-corrected chi connectivity index (χ3v) is 3.66. The third-order valence-electron chi connectivity index (χ3n) is 3.33. The van der Waals surface area contributed by atoms with Crippen molar-refractivity contribution in [3.63, 3.8) is 0 Å². The molecule has 0 spiro atoms. The van der Waals surface area contributed by atoms with E-state index in [1.807, 2.05) is 30.3 Å². The van der Waals surface area contributed by atoms with E-state index in [9.17, 15) is 4.79 Å². The normalized spacial score (nSPS) is 11.0. The van der Waals surface area contributed by atoms with Gasteiger partial charge in [-0.25, -0.2) is 4.79 Å². The van der Waals surface area contributed by atoms with Crippen molar-refractivity contribution in [3.8, 4) is 0 Å². The molecule has 1 N–H and O–H groups in total. The van der Waals surface area contributed by atoms with E-state index in [0.717, 1.165) is 11.1 Å². The molecule has 3 aromatic rings. The Morgan fingerprint density at radius 1 is 0.920 bits per heavy atom. The number of nitrogens with one attached hydrogen (secondary N) is 1. The van der Waals surface area contributed by atoms with Crippen molar-refractivity contribution in [3.05, 3.63) is 95.3 Å². The second-order valence-corrected chi connectivity index (χ2v) is 5.43. The number of halogens is 1. The Balaban J connectivity index is 1.82. The molecule has 3 rings (SSSR count). The number of amides is 1. The van der Waals surface area contributed by atoms with Crippen LogP contribution in [0.3, 0.4) is 0 Å². The largest absolute Gasteiger partial charge is 0.437 e. The van der Waals surface area contributed by atoms with E-state index < -0.39 is 6.09 Å². The minimum Gasteiger partial charge on any atom is -0.297 e. The van der Waals surface area contributed by atoms with Gasteiger partial charge in [-0.1, -0.05) is 59.2 Å². The third kappa shape index (κ3) is 4.43. The van der Waals surface area contributed by atoms with Crippen molar-refractivity contribution in [1.82, 2.24) is 4.98 Å². The van der Waals surface area contributed by atoms with Crippen LogP contribution in [0.15, 0.2) is 84.3 Å². The van der Waals surface area contributed by atoms with Gasteiger partial charge in [0.2, 0.25) is 0 Å². The van der Waals surface area contributed by atoms with Gasteiger partial charge in [-0.2, -0.15) is 0 Å². The van der Waals surface area contributed by atoms with Gasteiger partial charge in [0.1, 0.15) is 5.71 Å². The molecule has 124 valence electrons. The van der Waals surface area contributed by atoms with Crippen molar-refractivity contribution < 1.29 is 9.63 Å². The van der Waals surface area contributed by atoms with Crippen LogP contribution in [0.4, 0.5) is 10.5 Å². The number of nitrogens with zero attached hydrogens (tertiary/aromatic N) is 2. The summed E-state index contributed by atoms with van der Waals surface area (Å²) in [4.78, 5) is 21.0. The van der Waals surface area contributed by atoms with Crippen LogP contribution in [0.1, 0.15) is 11.1 Å². The van der Waals surface area contributed by atoms with Crippen LogP contribution in [0.2, 0.25) is 5.02 Å². The molecule has 2 aromatic carbocycles. The van der Waals surface area contributed by atoms with Crippen molar-refractivity contribution in [1.29, 1.82) is 0 Å². The Kier molecular flexibility index (Phi) is 5.39. The van der Waals surface area contributed by atoms with Gasteiger partial charge in [0.25, 0.3) is 0 Å². The molecule has 0 unspecified atom stereocenters. The van der Waals surface area contributed by atoms with E-state index >= 15 is 0 Å². The smallest absolute Gasteiger partial charge is 0.297 e. The molecule has 0 aliphatic carbocycles. The summed E-state index contributed by atoms with van der Waals surface area (Å²) in [6.07, 6.45) is 2.57. The molecule has 1 amide bonds. The zero-order valence-corrected chi connectivity index (χ0v) is 13.9. The van der Waals surface area contributed by atoms with E-state index in [2.05, 4.69) is 15.5 Å². The highest BCUT2D eigenvalue weighted by Crippen LogP contribution is 2.20. The molecule has 1 aromatic heterocycles. The summed E-state index contributed by atoms with van der Waals surface area (Å²) in [6, 6.07) is 19.9. The number of carbonyl (C=O) groups excluding carboxylic acids is 1. The zero-order valence-electron chi connectivity index (χ0n) is 13.1. The van der Waals surface area contributed by atoms with Crippen molar-refractivity contribution in [2.75, 3.05) is 5.32 Å². The summed E-state index contributed by atoms with van der Waals surface area (Å²) in [7, 11) is 0. The first-order chi connectivity index (χ1) is 12.2. The molecule has 5 nitrogen and oxygen atoms in total. The molecule has 0 radical (unpaired) electrons. The van der Waals surface area contributed by atoms with Crippen LogP contribution in [-0.2, 0) is 4.84 Å². The lowest BCUT2D eigenvalue weighted by atomic mass is 10.0. The first-order valence-electron chi connectivity index (χ1n) is 7.50. The Morgan fingerprint density at radius 3 is 2.28 bits per heavy atom. The molecular formula is C19H14ClN3O2. The fraction of sp³-hybridized carbons (Fsp3) is 0. The topological polar surface area (TPSA) is 63.6 Å². The molecule has 0 aliphatic heterocycles. The van der Waals surface area contributed by atoms with Gasteiger partial charge < -0.3 is 0 Å². The molecule has 0 bridgehead atoms. The lowest BCUT2D eigenvalue weighted by molar-refractivity contribution is 0.166. The summed E-state index contributed by atoms with van der Waals surface area (Å²) in [6.45, 7) is 0. The quantitative estimate of drug-likeness (QED) is 0.419. The average Bonchev–Trinajstić information content (AvgIpc) is 2.66.